The molecular formula is C19H37NO4. The van der Waals surface area contributed by atoms with Crippen LogP contribution in [-0.4, -0.2) is 49.2 Å². The van der Waals surface area contributed by atoms with Gasteiger partial charge in [0, 0.05) is 5.54 Å². The largest absolute Gasteiger partial charge is 0.468 e. The smallest absolute Gasteiger partial charge is 0.320 e. The molecule has 2 unspecified atom stereocenters. The van der Waals surface area contributed by atoms with Crippen LogP contribution in [0.25, 0.3) is 0 Å². The zero-order valence-corrected chi connectivity index (χ0v) is 16.5. The minimum absolute atomic E-state index is 0.128. The molecule has 24 heavy (non-hydrogen) atoms. The molecule has 0 rings (SSSR count). The lowest BCUT2D eigenvalue weighted by molar-refractivity contribution is -0.152. The molecule has 0 aliphatic rings. The van der Waals surface area contributed by atoms with Crippen LogP contribution in [0.4, 0.5) is 0 Å². The van der Waals surface area contributed by atoms with Gasteiger partial charge in [0.2, 0.25) is 0 Å². The summed E-state index contributed by atoms with van der Waals surface area (Å²) in [5.74, 6) is -0.204. The summed E-state index contributed by atoms with van der Waals surface area (Å²) >= 11 is 0. The van der Waals surface area contributed by atoms with E-state index < -0.39 is 0 Å². The number of rotatable bonds is 13. The van der Waals surface area contributed by atoms with Crippen LogP contribution in [-0.2, 0) is 19.1 Å². The molecule has 0 fully saturated rings. The molecule has 0 radical (unpaired) electrons. The van der Waals surface area contributed by atoms with Crippen LogP contribution in [0.1, 0.15) is 73.1 Å². The van der Waals surface area contributed by atoms with Gasteiger partial charge in [0.15, 0.2) is 0 Å². The highest BCUT2D eigenvalue weighted by molar-refractivity contribution is 5.75. The number of hydrogen-bond donors (Lipinski definition) is 0. The molecule has 0 saturated carbocycles. The molecule has 0 amide bonds. The van der Waals surface area contributed by atoms with Gasteiger partial charge in [-0.25, -0.2) is 0 Å². The highest BCUT2D eigenvalue weighted by Crippen LogP contribution is 2.37. The SMILES string of the molecule is CCCCC(CCC)(C(C)CC)N(CC(=O)OC)CC(=O)OCC. The van der Waals surface area contributed by atoms with Crippen molar-refractivity contribution in [2.75, 3.05) is 26.8 Å². The van der Waals surface area contributed by atoms with Gasteiger partial charge in [-0.1, -0.05) is 53.4 Å². The first-order chi connectivity index (χ1) is 11.4. The molecule has 0 heterocycles. The van der Waals surface area contributed by atoms with E-state index in [1.807, 2.05) is 4.90 Å². The standard InChI is InChI=1S/C19H37NO4/c1-7-11-13-19(12-8-2,16(5)9-3)20(14-17(21)23-6)15-18(22)24-10-4/h16H,7-15H2,1-6H3. The molecule has 2 atom stereocenters. The predicted octanol–water partition coefficient (Wildman–Crippen LogP) is 3.80. The zero-order chi connectivity index (χ0) is 18.6. The number of nitrogens with zero attached hydrogens (tertiary/aromatic N) is 1. The fraction of sp³-hybridized carbons (Fsp3) is 0.895. The van der Waals surface area contributed by atoms with Crippen molar-refractivity contribution < 1.29 is 19.1 Å². The van der Waals surface area contributed by atoms with Gasteiger partial charge in [-0.2, -0.15) is 0 Å². The normalized spacial score (nSPS) is 15.0. The van der Waals surface area contributed by atoms with Crippen LogP contribution in [0.5, 0.6) is 0 Å². The third kappa shape index (κ3) is 6.80. The monoisotopic (exact) mass is 343 g/mol. The maximum Gasteiger partial charge on any atom is 0.320 e. The van der Waals surface area contributed by atoms with Crippen molar-refractivity contribution in [1.82, 2.24) is 4.90 Å². The van der Waals surface area contributed by atoms with Crippen LogP contribution in [0.3, 0.4) is 0 Å². The lowest BCUT2D eigenvalue weighted by Crippen LogP contribution is -2.56. The third-order valence-corrected chi connectivity index (χ3v) is 4.98. The molecule has 5 nitrogen and oxygen atoms in total. The average molecular weight is 344 g/mol. The summed E-state index contributed by atoms with van der Waals surface area (Å²) in [5, 5.41) is 0. The highest BCUT2D eigenvalue weighted by Gasteiger charge is 2.41. The van der Waals surface area contributed by atoms with Gasteiger partial charge in [0.05, 0.1) is 26.8 Å². The number of carbonyl (C=O) groups is 2. The van der Waals surface area contributed by atoms with Gasteiger partial charge < -0.3 is 9.47 Å². The molecule has 0 aliphatic heterocycles. The molecule has 142 valence electrons. The van der Waals surface area contributed by atoms with E-state index in [-0.39, 0.29) is 30.6 Å². The number of unbranched alkanes of at least 4 members (excludes halogenated alkanes) is 1. The van der Waals surface area contributed by atoms with Crippen LogP contribution >= 0.6 is 0 Å². The lowest BCUT2D eigenvalue weighted by atomic mass is 9.74. The Hall–Kier alpha value is -1.10. The first-order valence-electron chi connectivity index (χ1n) is 9.39. The molecular weight excluding hydrogens is 306 g/mol. The number of carbonyl (C=O) groups excluding carboxylic acids is 2. The van der Waals surface area contributed by atoms with Gasteiger partial charge >= 0.3 is 11.9 Å². The molecule has 0 N–H and O–H groups in total. The van der Waals surface area contributed by atoms with E-state index in [0.29, 0.717) is 12.5 Å². The van der Waals surface area contributed by atoms with Gasteiger partial charge in [0.1, 0.15) is 0 Å². The Morgan fingerprint density at radius 1 is 1.00 bits per heavy atom. The highest BCUT2D eigenvalue weighted by atomic mass is 16.5. The second kappa shape index (κ2) is 12.3. The Bertz CT molecular complexity index is 372. The molecule has 0 bridgehead atoms. The Labute approximate surface area is 148 Å². The zero-order valence-electron chi connectivity index (χ0n) is 16.5. The van der Waals surface area contributed by atoms with Crippen molar-refractivity contribution in [3.63, 3.8) is 0 Å². The fourth-order valence-corrected chi connectivity index (χ4v) is 3.50. The van der Waals surface area contributed by atoms with E-state index in [4.69, 9.17) is 9.47 Å². The summed E-state index contributed by atoms with van der Waals surface area (Å²) in [7, 11) is 1.39. The average Bonchev–Trinajstić information content (AvgIpc) is 2.57. The molecule has 0 aromatic carbocycles. The summed E-state index contributed by atoms with van der Waals surface area (Å²) in [6.45, 7) is 11.1. The quantitative estimate of drug-likeness (QED) is 0.476. The first-order valence-corrected chi connectivity index (χ1v) is 9.39. The van der Waals surface area contributed by atoms with Gasteiger partial charge in [-0.3, -0.25) is 14.5 Å². The van der Waals surface area contributed by atoms with Gasteiger partial charge in [0.25, 0.3) is 0 Å². The van der Waals surface area contributed by atoms with Crippen LogP contribution in [0.15, 0.2) is 0 Å². The van der Waals surface area contributed by atoms with Crippen molar-refractivity contribution in [3.8, 4) is 0 Å². The maximum absolute atomic E-state index is 12.1. The van der Waals surface area contributed by atoms with Gasteiger partial charge in [-0.05, 0) is 25.7 Å². The predicted molar refractivity (Wildman–Crippen MR) is 96.8 cm³/mol. The topological polar surface area (TPSA) is 55.8 Å². The van der Waals surface area contributed by atoms with Crippen molar-refractivity contribution in [2.45, 2.75) is 78.7 Å². The Morgan fingerprint density at radius 3 is 2.08 bits per heavy atom. The van der Waals surface area contributed by atoms with Gasteiger partial charge in [-0.15, -0.1) is 0 Å². The summed E-state index contributed by atoms with van der Waals surface area (Å²) in [6.07, 6.45) is 6.11. The van der Waals surface area contributed by atoms with E-state index in [0.717, 1.165) is 38.5 Å². The van der Waals surface area contributed by atoms with Crippen molar-refractivity contribution >= 4 is 11.9 Å². The summed E-state index contributed by atoms with van der Waals surface area (Å²) in [5.41, 5.74) is -0.180. The van der Waals surface area contributed by atoms with Crippen LogP contribution < -0.4 is 0 Å². The molecule has 0 saturated heterocycles. The first kappa shape index (κ1) is 22.9. The van der Waals surface area contributed by atoms with Crippen LogP contribution in [0, 0.1) is 5.92 Å². The molecule has 0 aromatic rings. The van der Waals surface area contributed by atoms with E-state index in [9.17, 15) is 9.59 Å². The lowest BCUT2D eigenvalue weighted by Gasteiger charge is -2.47. The Balaban J connectivity index is 5.69. The summed E-state index contributed by atoms with van der Waals surface area (Å²) in [6, 6.07) is 0. The summed E-state index contributed by atoms with van der Waals surface area (Å²) < 4.78 is 10.0. The Kier molecular flexibility index (Phi) is 11.7. The van der Waals surface area contributed by atoms with E-state index in [1.54, 1.807) is 6.92 Å². The maximum atomic E-state index is 12.1. The minimum Gasteiger partial charge on any atom is -0.468 e. The Morgan fingerprint density at radius 2 is 1.62 bits per heavy atom. The number of esters is 2. The van der Waals surface area contributed by atoms with E-state index in [2.05, 4.69) is 27.7 Å². The molecule has 0 spiro atoms. The molecule has 0 aliphatic carbocycles. The van der Waals surface area contributed by atoms with Crippen molar-refractivity contribution in [2.24, 2.45) is 5.92 Å². The second-order valence-electron chi connectivity index (χ2n) is 6.50. The third-order valence-electron chi connectivity index (χ3n) is 4.98. The fourth-order valence-electron chi connectivity index (χ4n) is 3.50. The van der Waals surface area contributed by atoms with Crippen LogP contribution in [0.2, 0.25) is 0 Å². The van der Waals surface area contributed by atoms with Crippen molar-refractivity contribution in [1.29, 1.82) is 0 Å². The molecule has 0 aromatic heterocycles. The number of ether oxygens (including phenoxy) is 2. The van der Waals surface area contributed by atoms with Crippen molar-refractivity contribution in [3.05, 3.63) is 0 Å². The number of methoxy groups -OCH3 is 1. The summed E-state index contributed by atoms with van der Waals surface area (Å²) in [4.78, 5) is 26.1. The van der Waals surface area contributed by atoms with E-state index >= 15 is 0 Å². The second-order valence-corrected chi connectivity index (χ2v) is 6.50. The molecule has 5 heteroatoms. The van der Waals surface area contributed by atoms with E-state index in [1.165, 1.54) is 7.11 Å². The number of hydrogen-bond acceptors (Lipinski definition) is 5. The minimum atomic E-state index is -0.306.